The van der Waals surface area contributed by atoms with Crippen molar-refractivity contribution in [3.63, 3.8) is 0 Å². The van der Waals surface area contributed by atoms with E-state index in [0.717, 1.165) is 43.4 Å². The first-order valence-electron chi connectivity index (χ1n) is 8.44. The molecule has 1 aliphatic rings. The molecule has 1 aliphatic heterocycles. The van der Waals surface area contributed by atoms with Gasteiger partial charge in [-0.25, -0.2) is 9.97 Å². The quantitative estimate of drug-likeness (QED) is 0.692. The van der Waals surface area contributed by atoms with Crippen LogP contribution in [0.5, 0.6) is 0 Å². The van der Waals surface area contributed by atoms with Gasteiger partial charge in [0.1, 0.15) is 17.0 Å². The molecule has 4 rings (SSSR count). The van der Waals surface area contributed by atoms with Gasteiger partial charge in [-0.3, -0.25) is 4.90 Å². The monoisotopic (exact) mass is 374 g/mol. The second-order valence-electron chi connectivity index (χ2n) is 6.41. The summed E-state index contributed by atoms with van der Waals surface area (Å²) in [5, 5.41) is 1.25. The topological polar surface area (TPSA) is 32.3 Å². The summed E-state index contributed by atoms with van der Waals surface area (Å²) in [4.78, 5) is 16.5. The van der Waals surface area contributed by atoms with Gasteiger partial charge in [-0.2, -0.15) is 0 Å². The van der Waals surface area contributed by atoms with Crippen LogP contribution in [0.15, 0.2) is 36.7 Å². The molecule has 0 saturated carbocycles. The Morgan fingerprint density at radius 3 is 2.44 bits per heavy atom. The fourth-order valence-corrected chi connectivity index (χ4v) is 4.35. The van der Waals surface area contributed by atoms with Crippen LogP contribution in [0.4, 0.5) is 5.82 Å². The molecule has 0 atom stereocenters. The van der Waals surface area contributed by atoms with Crippen molar-refractivity contribution in [2.75, 3.05) is 31.1 Å². The fourth-order valence-electron chi connectivity index (χ4n) is 3.36. The molecule has 0 radical (unpaired) electrons. The molecule has 2 aromatic heterocycles. The van der Waals surface area contributed by atoms with Crippen LogP contribution in [0.25, 0.3) is 10.2 Å². The second kappa shape index (κ2) is 7.68. The maximum Gasteiger partial charge on any atom is 0.141 e. The molecule has 0 amide bonds. The molecule has 1 saturated heterocycles. The van der Waals surface area contributed by atoms with E-state index in [2.05, 4.69) is 63.9 Å². The summed E-state index contributed by atoms with van der Waals surface area (Å²) in [6, 6.07) is 10.7. The lowest BCUT2D eigenvalue weighted by Gasteiger charge is -2.35. The normalized spacial score (nSPS) is 15.4. The third kappa shape index (κ3) is 3.64. The Kier molecular flexibility index (Phi) is 5.57. The Morgan fingerprint density at radius 2 is 1.72 bits per heavy atom. The molecule has 1 fully saturated rings. The lowest BCUT2D eigenvalue weighted by Crippen LogP contribution is -2.46. The first-order valence-corrected chi connectivity index (χ1v) is 9.26. The summed E-state index contributed by atoms with van der Waals surface area (Å²) >= 11 is 1.77. The molecular weight excluding hydrogens is 352 g/mol. The van der Waals surface area contributed by atoms with Crippen molar-refractivity contribution in [2.24, 2.45) is 0 Å². The number of thiophene rings is 1. The molecule has 4 nitrogen and oxygen atoms in total. The number of nitrogens with zero attached hydrogens (tertiary/aromatic N) is 4. The average Bonchev–Trinajstić information content (AvgIpc) is 2.91. The molecule has 0 bridgehead atoms. The molecule has 1 aromatic carbocycles. The summed E-state index contributed by atoms with van der Waals surface area (Å²) in [6.07, 6.45) is 1.71. The summed E-state index contributed by atoms with van der Waals surface area (Å²) in [6.45, 7) is 9.58. The van der Waals surface area contributed by atoms with Crippen molar-refractivity contribution in [1.29, 1.82) is 0 Å². The van der Waals surface area contributed by atoms with Gasteiger partial charge in [0.25, 0.3) is 0 Å². The molecule has 0 spiro atoms. The molecule has 3 heterocycles. The van der Waals surface area contributed by atoms with Crippen molar-refractivity contribution in [3.05, 3.63) is 52.7 Å². The van der Waals surface area contributed by atoms with Gasteiger partial charge in [0.2, 0.25) is 0 Å². The Balaban J connectivity index is 0.00000182. The standard InChI is InChI=1S/C19H22N4S.ClH/c1-14-15(2)24-19-17(14)18(20-13-21-19)23-10-8-22(9-11-23)12-16-6-4-3-5-7-16;/h3-7,13H,8-12H2,1-2H3;1H. The number of anilines is 1. The first kappa shape index (κ1) is 18.1. The lowest BCUT2D eigenvalue weighted by atomic mass is 10.1. The minimum Gasteiger partial charge on any atom is -0.353 e. The predicted molar refractivity (Wildman–Crippen MR) is 108 cm³/mol. The van der Waals surface area contributed by atoms with Crippen molar-refractivity contribution in [2.45, 2.75) is 20.4 Å². The minimum atomic E-state index is 0. The second-order valence-corrected chi connectivity index (χ2v) is 7.61. The third-order valence-corrected chi connectivity index (χ3v) is 5.98. The smallest absolute Gasteiger partial charge is 0.141 e. The number of fused-ring (bicyclic) bond motifs is 1. The van der Waals surface area contributed by atoms with Gasteiger partial charge in [0, 0.05) is 37.6 Å². The SMILES string of the molecule is Cc1sc2ncnc(N3CCN(Cc4ccccc4)CC3)c2c1C.Cl. The van der Waals surface area contributed by atoms with Crippen LogP contribution in [0.1, 0.15) is 16.0 Å². The number of halogens is 1. The van der Waals surface area contributed by atoms with Gasteiger partial charge in [-0.15, -0.1) is 23.7 Å². The van der Waals surface area contributed by atoms with Crippen molar-refractivity contribution in [3.8, 4) is 0 Å². The number of aryl methyl sites for hydroxylation is 2. The highest BCUT2D eigenvalue weighted by Gasteiger charge is 2.22. The van der Waals surface area contributed by atoms with Crippen LogP contribution in [0, 0.1) is 13.8 Å². The maximum atomic E-state index is 4.62. The van der Waals surface area contributed by atoms with E-state index in [0.29, 0.717) is 0 Å². The number of rotatable bonds is 3. The van der Waals surface area contributed by atoms with Crippen molar-refractivity contribution < 1.29 is 0 Å². The third-order valence-electron chi connectivity index (χ3n) is 4.87. The Bertz CT molecular complexity index is 841. The van der Waals surface area contributed by atoms with E-state index < -0.39 is 0 Å². The molecule has 3 aromatic rings. The van der Waals surface area contributed by atoms with Gasteiger partial charge in [-0.05, 0) is 25.0 Å². The number of benzene rings is 1. The van der Waals surface area contributed by atoms with E-state index in [1.54, 1.807) is 17.7 Å². The number of piperazine rings is 1. The van der Waals surface area contributed by atoms with Gasteiger partial charge in [0.05, 0.1) is 5.39 Å². The molecular formula is C19H23ClN4S. The van der Waals surface area contributed by atoms with Crippen LogP contribution in [0.2, 0.25) is 0 Å². The first-order chi connectivity index (χ1) is 11.7. The Labute approximate surface area is 158 Å². The largest absolute Gasteiger partial charge is 0.353 e. The molecule has 0 unspecified atom stereocenters. The number of hydrogen-bond donors (Lipinski definition) is 0. The Hall–Kier alpha value is -1.69. The molecule has 6 heteroatoms. The molecule has 0 N–H and O–H groups in total. The average molecular weight is 375 g/mol. The van der Waals surface area contributed by atoms with E-state index in [4.69, 9.17) is 0 Å². The van der Waals surface area contributed by atoms with Crippen LogP contribution < -0.4 is 4.90 Å². The van der Waals surface area contributed by atoms with E-state index in [1.165, 1.54) is 21.4 Å². The highest BCUT2D eigenvalue weighted by Crippen LogP contribution is 2.34. The number of hydrogen-bond acceptors (Lipinski definition) is 5. The summed E-state index contributed by atoms with van der Waals surface area (Å²) in [5.41, 5.74) is 2.72. The molecule has 0 aliphatic carbocycles. The highest BCUT2D eigenvalue weighted by molar-refractivity contribution is 7.18. The minimum absolute atomic E-state index is 0. The zero-order valence-corrected chi connectivity index (χ0v) is 16.2. The highest BCUT2D eigenvalue weighted by atomic mass is 35.5. The fraction of sp³-hybridized carbons (Fsp3) is 0.368. The van der Waals surface area contributed by atoms with Crippen LogP contribution >= 0.6 is 23.7 Å². The molecule has 132 valence electrons. The van der Waals surface area contributed by atoms with E-state index in [-0.39, 0.29) is 12.4 Å². The molecule has 25 heavy (non-hydrogen) atoms. The lowest BCUT2D eigenvalue weighted by molar-refractivity contribution is 0.249. The van der Waals surface area contributed by atoms with Gasteiger partial charge >= 0.3 is 0 Å². The maximum absolute atomic E-state index is 4.62. The van der Waals surface area contributed by atoms with E-state index in [1.807, 2.05) is 0 Å². The van der Waals surface area contributed by atoms with Crippen molar-refractivity contribution in [1.82, 2.24) is 14.9 Å². The Morgan fingerprint density at radius 1 is 1.00 bits per heavy atom. The van der Waals surface area contributed by atoms with Gasteiger partial charge in [0.15, 0.2) is 0 Å². The summed E-state index contributed by atoms with van der Waals surface area (Å²) in [5.74, 6) is 1.11. The number of aromatic nitrogens is 2. The van der Waals surface area contributed by atoms with Crippen LogP contribution in [-0.4, -0.2) is 41.0 Å². The van der Waals surface area contributed by atoms with Gasteiger partial charge < -0.3 is 4.90 Å². The zero-order valence-electron chi connectivity index (χ0n) is 14.6. The van der Waals surface area contributed by atoms with Crippen LogP contribution in [0.3, 0.4) is 0 Å². The zero-order chi connectivity index (χ0) is 16.5. The van der Waals surface area contributed by atoms with E-state index in [9.17, 15) is 0 Å². The van der Waals surface area contributed by atoms with Crippen LogP contribution in [-0.2, 0) is 6.54 Å². The summed E-state index contributed by atoms with van der Waals surface area (Å²) in [7, 11) is 0. The predicted octanol–water partition coefficient (Wildman–Crippen LogP) is 4.05. The van der Waals surface area contributed by atoms with Crippen molar-refractivity contribution >= 4 is 39.8 Å². The summed E-state index contributed by atoms with van der Waals surface area (Å²) < 4.78 is 0. The van der Waals surface area contributed by atoms with E-state index >= 15 is 0 Å². The van der Waals surface area contributed by atoms with Gasteiger partial charge in [-0.1, -0.05) is 30.3 Å².